The summed E-state index contributed by atoms with van der Waals surface area (Å²) in [7, 11) is 1.70. The van der Waals surface area contributed by atoms with E-state index in [1.807, 2.05) is 4.90 Å². The topological polar surface area (TPSA) is 81.6 Å². The number of nitrogen functional groups attached to an aromatic ring is 1. The molecule has 2 rings (SSSR count). The molecule has 1 fully saturated rings. The van der Waals surface area contributed by atoms with Crippen molar-refractivity contribution in [1.29, 1.82) is 0 Å². The summed E-state index contributed by atoms with van der Waals surface area (Å²) in [5, 5.41) is 11.1. The summed E-state index contributed by atoms with van der Waals surface area (Å²) in [6, 6.07) is 5.10. The standard InChI is InChI=1S/C13H19N3O3/c1-19-9-10-5-7-15(8-6-10)12-4-2-3-11(14)13(12)16(17)18/h2-4,10H,5-9,14H2,1H3. The van der Waals surface area contributed by atoms with Crippen LogP contribution < -0.4 is 10.6 Å². The Morgan fingerprint density at radius 1 is 1.47 bits per heavy atom. The second-order valence-corrected chi connectivity index (χ2v) is 4.86. The smallest absolute Gasteiger partial charge is 0.315 e. The summed E-state index contributed by atoms with van der Waals surface area (Å²) in [6.07, 6.45) is 1.97. The van der Waals surface area contributed by atoms with Crippen LogP contribution in [-0.4, -0.2) is 31.7 Å². The van der Waals surface area contributed by atoms with Crippen molar-refractivity contribution in [2.24, 2.45) is 5.92 Å². The number of ether oxygens (including phenoxy) is 1. The van der Waals surface area contributed by atoms with E-state index in [0.29, 0.717) is 11.6 Å². The van der Waals surface area contributed by atoms with Gasteiger partial charge in [-0.3, -0.25) is 10.1 Å². The van der Waals surface area contributed by atoms with Crippen LogP contribution >= 0.6 is 0 Å². The molecule has 0 bridgehead atoms. The van der Waals surface area contributed by atoms with E-state index in [4.69, 9.17) is 10.5 Å². The van der Waals surface area contributed by atoms with Crippen molar-refractivity contribution in [3.8, 4) is 0 Å². The summed E-state index contributed by atoms with van der Waals surface area (Å²) >= 11 is 0. The second-order valence-electron chi connectivity index (χ2n) is 4.86. The number of piperidine rings is 1. The molecule has 1 aromatic rings. The molecular weight excluding hydrogens is 246 g/mol. The first-order chi connectivity index (χ1) is 9.13. The zero-order chi connectivity index (χ0) is 13.8. The van der Waals surface area contributed by atoms with Gasteiger partial charge in [0, 0.05) is 26.8 Å². The molecule has 0 aliphatic carbocycles. The quantitative estimate of drug-likeness (QED) is 0.512. The monoisotopic (exact) mass is 265 g/mol. The van der Waals surface area contributed by atoms with E-state index in [9.17, 15) is 10.1 Å². The molecule has 0 saturated carbocycles. The van der Waals surface area contributed by atoms with Gasteiger partial charge in [0.15, 0.2) is 0 Å². The fraction of sp³-hybridized carbons (Fsp3) is 0.538. The number of nitro groups is 1. The number of methoxy groups -OCH3 is 1. The molecule has 6 nitrogen and oxygen atoms in total. The van der Waals surface area contributed by atoms with Gasteiger partial charge >= 0.3 is 5.69 Å². The Morgan fingerprint density at radius 3 is 2.74 bits per heavy atom. The number of nitrogens with zero attached hydrogens (tertiary/aromatic N) is 2. The van der Waals surface area contributed by atoms with E-state index < -0.39 is 4.92 Å². The molecule has 104 valence electrons. The van der Waals surface area contributed by atoms with Crippen LogP contribution in [0.25, 0.3) is 0 Å². The summed E-state index contributed by atoms with van der Waals surface area (Å²) in [6.45, 7) is 2.36. The van der Waals surface area contributed by atoms with E-state index in [1.165, 1.54) is 0 Å². The summed E-state index contributed by atoms with van der Waals surface area (Å²) in [4.78, 5) is 12.8. The Hall–Kier alpha value is -1.82. The molecule has 1 aliphatic heterocycles. The average molecular weight is 265 g/mol. The largest absolute Gasteiger partial charge is 0.393 e. The van der Waals surface area contributed by atoms with Crippen molar-refractivity contribution in [3.63, 3.8) is 0 Å². The van der Waals surface area contributed by atoms with Gasteiger partial charge in [0.05, 0.1) is 4.92 Å². The van der Waals surface area contributed by atoms with Crippen molar-refractivity contribution in [1.82, 2.24) is 0 Å². The highest BCUT2D eigenvalue weighted by atomic mass is 16.6. The van der Waals surface area contributed by atoms with Crippen LogP contribution in [0.5, 0.6) is 0 Å². The Balaban J connectivity index is 2.15. The third-order valence-corrected chi connectivity index (χ3v) is 3.59. The molecule has 0 spiro atoms. The molecule has 1 aliphatic rings. The van der Waals surface area contributed by atoms with E-state index >= 15 is 0 Å². The van der Waals surface area contributed by atoms with Crippen molar-refractivity contribution in [2.75, 3.05) is 37.4 Å². The number of para-hydroxylation sites is 1. The highest BCUT2D eigenvalue weighted by Crippen LogP contribution is 2.35. The van der Waals surface area contributed by atoms with Gasteiger partial charge in [-0.2, -0.15) is 0 Å². The number of hydrogen-bond acceptors (Lipinski definition) is 5. The van der Waals surface area contributed by atoms with Crippen molar-refractivity contribution >= 4 is 17.1 Å². The Kier molecular flexibility index (Phi) is 4.21. The fourth-order valence-electron chi connectivity index (χ4n) is 2.58. The van der Waals surface area contributed by atoms with Crippen LogP contribution in [0.4, 0.5) is 17.1 Å². The lowest BCUT2D eigenvalue weighted by Gasteiger charge is -2.33. The van der Waals surface area contributed by atoms with E-state index in [-0.39, 0.29) is 11.4 Å². The maximum absolute atomic E-state index is 11.1. The first kappa shape index (κ1) is 13.6. The predicted octanol–water partition coefficient (Wildman–Crippen LogP) is 2.04. The van der Waals surface area contributed by atoms with Crippen LogP contribution in [0, 0.1) is 16.0 Å². The molecule has 1 saturated heterocycles. The van der Waals surface area contributed by atoms with Gasteiger partial charge in [0.2, 0.25) is 0 Å². The maximum atomic E-state index is 11.1. The van der Waals surface area contributed by atoms with Gasteiger partial charge in [-0.05, 0) is 30.9 Å². The second kappa shape index (κ2) is 5.88. The zero-order valence-corrected chi connectivity index (χ0v) is 11.0. The van der Waals surface area contributed by atoms with Gasteiger partial charge in [-0.25, -0.2) is 0 Å². The van der Waals surface area contributed by atoms with Crippen molar-refractivity contribution < 1.29 is 9.66 Å². The summed E-state index contributed by atoms with van der Waals surface area (Å²) in [5.74, 6) is 0.543. The molecule has 1 heterocycles. The summed E-state index contributed by atoms with van der Waals surface area (Å²) < 4.78 is 5.16. The minimum absolute atomic E-state index is 0.0210. The van der Waals surface area contributed by atoms with Crippen LogP contribution in [0.2, 0.25) is 0 Å². The molecule has 0 atom stereocenters. The van der Waals surface area contributed by atoms with Crippen LogP contribution in [-0.2, 0) is 4.74 Å². The number of anilines is 2. The summed E-state index contributed by atoms with van der Waals surface area (Å²) in [5.41, 5.74) is 6.59. The lowest BCUT2D eigenvalue weighted by Crippen LogP contribution is -2.35. The minimum Gasteiger partial charge on any atom is -0.393 e. The normalized spacial score (nSPS) is 16.6. The highest BCUT2D eigenvalue weighted by Gasteiger charge is 2.26. The molecule has 19 heavy (non-hydrogen) atoms. The van der Waals surface area contributed by atoms with E-state index in [1.54, 1.807) is 25.3 Å². The van der Waals surface area contributed by atoms with Crippen LogP contribution in [0.1, 0.15) is 12.8 Å². The SMILES string of the molecule is COCC1CCN(c2cccc(N)c2[N+](=O)[O-])CC1. The third kappa shape index (κ3) is 2.96. The number of nitrogens with two attached hydrogens (primary N) is 1. The molecule has 1 aromatic carbocycles. The number of hydrogen-bond donors (Lipinski definition) is 1. The first-order valence-corrected chi connectivity index (χ1v) is 6.40. The number of nitro benzene ring substituents is 1. The number of rotatable bonds is 4. The van der Waals surface area contributed by atoms with Gasteiger partial charge < -0.3 is 15.4 Å². The van der Waals surface area contributed by atoms with E-state index in [2.05, 4.69) is 0 Å². The molecular formula is C13H19N3O3. The minimum atomic E-state index is -0.397. The predicted molar refractivity (Wildman–Crippen MR) is 74.3 cm³/mol. The third-order valence-electron chi connectivity index (χ3n) is 3.59. The maximum Gasteiger partial charge on any atom is 0.315 e. The number of benzene rings is 1. The van der Waals surface area contributed by atoms with Crippen molar-refractivity contribution in [3.05, 3.63) is 28.3 Å². The Bertz CT molecular complexity index is 456. The molecule has 0 aromatic heterocycles. The molecule has 0 amide bonds. The van der Waals surface area contributed by atoms with E-state index in [0.717, 1.165) is 32.5 Å². The molecule has 0 unspecified atom stereocenters. The average Bonchev–Trinajstić information content (AvgIpc) is 2.39. The first-order valence-electron chi connectivity index (χ1n) is 6.40. The lowest BCUT2D eigenvalue weighted by atomic mass is 9.97. The fourth-order valence-corrected chi connectivity index (χ4v) is 2.58. The van der Waals surface area contributed by atoms with Crippen molar-refractivity contribution in [2.45, 2.75) is 12.8 Å². The van der Waals surface area contributed by atoms with Gasteiger partial charge in [0.25, 0.3) is 0 Å². The lowest BCUT2D eigenvalue weighted by molar-refractivity contribution is -0.383. The highest BCUT2D eigenvalue weighted by molar-refractivity contribution is 5.75. The Morgan fingerprint density at radius 2 is 2.16 bits per heavy atom. The molecule has 6 heteroatoms. The van der Waals surface area contributed by atoms with Gasteiger partial charge in [-0.15, -0.1) is 0 Å². The van der Waals surface area contributed by atoms with Crippen LogP contribution in [0.15, 0.2) is 18.2 Å². The van der Waals surface area contributed by atoms with Gasteiger partial charge in [0.1, 0.15) is 11.4 Å². The zero-order valence-electron chi connectivity index (χ0n) is 11.0. The molecule has 2 N–H and O–H groups in total. The van der Waals surface area contributed by atoms with Crippen LogP contribution in [0.3, 0.4) is 0 Å². The molecule has 0 radical (unpaired) electrons. The van der Waals surface area contributed by atoms with Gasteiger partial charge in [-0.1, -0.05) is 6.07 Å². The Labute approximate surface area is 112 Å².